The zero-order valence-electron chi connectivity index (χ0n) is 14.6. The monoisotopic (exact) mass is 355 g/mol. The van der Waals surface area contributed by atoms with Gasteiger partial charge < -0.3 is 20.3 Å². The highest BCUT2D eigenvalue weighted by Crippen LogP contribution is 2.12. The molecule has 0 saturated carbocycles. The molecule has 1 saturated heterocycles. The summed E-state index contributed by atoms with van der Waals surface area (Å²) in [5.74, 6) is 1.000. The van der Waals surface area contributed by atoms with E-state index < -0.39 is 0 Å². The third-order valence-electron chi connectivity index (χ3n) is 3.99. The van der Waals surface area contributed by atoms with Crippen molar-refractivity contribution in [3.63, 3.8) is 0 Å². The maximum Gasteiger partial charge on any atom is 0.220 e. The van der Waals surface area contributed by atoms with Crippen molar-refractivity contribution in [3.05, 3.63) is 29.8 Å². The second kappa shape index (κ2) is 12.1. The minimum Gasteiger partial charge on any atom is -0.494 e. The third kappa shape index (κ3) is 8.52. The van der Waals surface area contributed by atoms with E-state index in [1.807, 2.05) is 31.2 Å². The number of ether oxygens (including phenoxy) is 1. The van der Waals surface area contributed by atoms with Crippen molar-refractivity contribution in [2.45, 2.75) is 26.2 Å². The van der Waals surface area contributed by atoms with Crippen molar-refractivity contribution < 1.29 is 9.53 Å². The smallest absolute Gasteiger partial charge is 0.220 e. The summed E-state index contributed by atoms with van der Waals surface area (Å²) in [4.78, 5) is 14.2. The summed E-state index contributed by atoms with van der Waals surface area (Å²) in [6, 6.07) is 7.98. The van der Waals surface area contributed by atoms with Crippen LogP contribution in [0.1, 0.15) is 24.8 Å². The maximum absolute atomic E-state index is 11.8. The Morgan fingerprint density at radius 2 is 2.08 bits per heavy atom. The first kappa shape index (κ1) is 20.7. The number of hydrogen-bond donors (Lipinski definition) is 2. The molecule has 2 N–H and O–H groups in total. The van der Waals surface area contributed by atoms with E-state index in [2.05, 4.69) is 15.5 Å². The summed E-state index contributed by atoms with van der Waals surface area (Å²) in [5, 5.41) is 6.34. The fraction of sp³-hybridized carbons (Fsp3) is 0.611. The SMILES string of the molecule is Cc1cccc(OCCCC(=O)NCCCN2CCNCC2)c1.Cl. The van der Waals surface area contributed by atoms with Crippen LogP contribution in [0.2, 0.25) is 0 Å². The molecule has 0 spiro atoms. The van der Waals surface area contributed by atoms with Gasteiger partial charge in [-0.05, 0) is 44.0 Å². The van der Waals surface area contributed by atoms with E-state index in [1.54, 1.807) is 0 Å². The summed E-state index contributed by atoms with van der Waals surface area (Å²) in [6.45, 7) is 8.84. The van der Waals surface area contributed by atoms with Crippen molar-refractivity contribution in [1.29, 1.82) is 0 Å². The topological polar surface area (TPSA) is 53.6 Å². The van der Waals surface area contributed by atoms with Gasteiger partial charge >= 0.3 is 0 Å². The van der Waals surface area contributed by atoms with Gasteiger partial charge in [-0.2, -0.15) is 0 Å². The predicted octanol–water partition coefficient (Wildman–Crippen LogP) is 1.99. The van der Waals surface area contributed by atoms with Crippen LogP contribution in [0.15, 0.2) is 24.3 Å². The molecule has 6 heteroatoms. The molecule has 5 nitrogen and oxygen atoms in total. The van der Waals surface area contributed by atoms with Crippen molar-refractivity contribution >= 4 is 18.3 Å². The van der Waals surface area contributed by atoms with Crippen LogP contribution in [0.5, 0.6) is 5.75 Å². The van der Waals surface area contributed by atoms with Crippen molar-refractivity contribution in [1.82, 2.24) is 15.5 Å². The molecule has 1 aliphatic heterocycles. The normalized spacial score (nSPS) is 14.7. The maximum atomic E-state index is 11.8. The fourth-order valence-electron chi connectivity index (χ4n) is 2.68. The van der Waals surface area contributed by atoms with E-state index in [9.17, 15) is 4.79 Å². The van der Waals surface area contributed by atoms with Gasteiger partial charge in [0.1, 0.15) is 5.75 Å². The average Bonchev–Trinajstić information content (AvgIpc) is 2.57. The van der Waals surface area contributed by atoms with Crippen LogP contribution in [-0.2, 0) is 4.79 Å². The number of benzene rings is 1. The molecule has 0 radical (unpaired) electrons. The zero-order valence-corrected chi connectivity index (χ0v) is 15.4. The molecule has 0 unspecified atom stereocenters. The summed E-state index contributed by atoms with van der Waals surface area (Å²) in [7, 11) is 0. The average molecular weight is 356 g/mol. The number of nitrogens with zero attached hydrogens (tertiary/aromatic N) is 1. The molecule has 1 heterocycles. The van der Waals surface area contributed by atoms with Crippen LogP contribution in [0, 0.1) is 6.92 Å². The standard InChI is InChI=1S/C18H29N3O2.ClH/c1-16-5-2-6-17(15-16)23-14-3-7-18(22)20-8-4-11-21-12-9-19-10-13-21;/h2,5-6,15,19H,3-4,7-14H2,1H3,(H,20,22);1H. The third-order valence-corrected chi connectivity index (χ3v) is 3.99. The van der Waals surface area contributed by atoms with Crippen LogP contribution in [0.25, 0.3) is 0 Å². The predicted molar refractivity (Wildman–Crippen MR) is 100 cm³/mol. The Balaban J connectivity index is 0.00000288. The van der Waals surface area contributed by atoms with E-state index in [-0.39, 0.29) is 18.3 Å². The number of piperazine rings is 1. The first-order valence-electron chi connectivity index (χ1n) is 8.63. The molecule has 2 rings (SSSR count). The van der Waals surface area contributed by atoms with Gasteiger partial charge in [0.05, 0.1) is 6.61 Å². The number of aryl methyl sites for hydroxylation is 1. The van der Waals surface area contributed by atoms with Gasteiger partial charge in [-0.15, -0.1) is 12.4 Å². The highest BCUT2D eigenvalue weighted by atomic mass is 35.5. The number of amides is 1. The lowest BCUT2D eigenvalue weighted by atomic mass is 10.2. The molecule has 0 atom stereocenters. The number of carbonyl (C=O) groups excluding carboxylic acids is 1. The Kier molecular flexibility index (Phi) is 10.5. The molecule has 1 aromatic carbocycles. The molecule has 1 aliphatic rings. The summed E-state index contributed by atoms with van der Waals surface area (Å²) >= 11 is 0. The van der Waals surface area contributed by atoms with Gasteiger partial charge in [0.25, 0.3) is 0 Å². The summed E-state index contributed by atoms with van der Waals surface area (Å²) in [5.41, 5.74) is 1.18. The largest absolute Gasteiger partial charge is 0.494 e. The molecule has 1 fully saturated rings. The number of hydrogen-bond acceptors (Lipinski definition) is 4. The van der Waals surface area contributed by atoms with E-state index in [0.717, 1.165) is 57.9 Å². The summed E-state index contributed by atoms with van der Waals surface area (Å²) in [6.07, 6.45) is 2.29. The van der Waals surface area contributed by atoms with E-state index >= 15 is 0 Å². The molecule has 24 heavy (non-hydrogen) atoms. The van der Waals surface area contributed by atoms with Gasteiger partial charge in [0.2, 0.25) is 5.91 Å². The van der Waals surface area contributed by atoms with Gasteiger partial charge in [0.15, 0.2) is 0 Å². The molecule has 0 bridgehead atoms. The van der Waals surface area contributed by atoms with Crippen molar-refractivity contribution in [2.75, 3.05) is 45.9 Å². The van der Waals surface area contributed by atoms with Crippen LogP contribution in [-0.4, -0.2) is 56.7 Å². The van der Waals surface area contributed by atoms with Crippen LogP contribution in [0.4, 0.5) is 0 Å². The van der Waals surface area contributed by atoms with E-state index in [4.69, 9.17) is 4.74 Å². The lowest BCUT2D eigenvalue weighted by Crippen LogP contribution is -2.44. The van der Waals surface area contributed by atoms with Crippen molar-refractivity contribution in [3.8, 4) is 5.75 Å². The Labute approximate surface area is 151 Å². The lowest BCUT2D eigenvalue weighted by Gasteiger charge is -2.27. The molecule has 136 valence electrons. The highest BCUT2D eigenvalue weighted by Gasteiger charge is 2.08. The Morgan fingerprint density at radius 1 is 1.29 bits per heavy atom. The molecule has 0 aromatic heterocycles. The van der Waals surface area contributed by atoms with Crippen molar-refractivity contribution in [2.24, 2.45) is 0 Å². The zero-order chi connectivity index (χ0) is 16.3. The number of carbonyl (C=O) groups is 1. The molecular formula is C18H30ClN3O2. The molecule has 1 aromatic rings. The quantitative estimate of drug-likeness (QED) is 0.665. The number of halogens is 1. The second-order valence-electron chi connectivity index (χ2n) is 6.06. The Morgan fingerprint density at radius 3 is 2.83 bits per heavy atom. The van der Waals surface area contributed by atoms with Gasteiger partial charge in [-0.3, -0.25) is 4.79 Å². The van der Waals surface area contributed by atoms with E-state index in [1.165, 1.54) is 5.56 Å². The van der Waals surface area contributed by atoms with Gasteiger partial charge in [-0.1, -0.05) is 12.1 Å². The molecule has 1 amide bonds. The second-order valence-corrected chi connectivity index (χ2v) is 6.06. The Hall–Kier alpha value is -1.30. The van der Waals surface area contributed by atoms with Gasteiger partial charge in [-0.25, -0.2) is 0 Å². The summed E-state index contributed by atoms with van der Waals surface area (Å²) < 4.78 is 5.65. The first-order valence-corrected chi connectivity index (χ1v) is 8.63. The van der Waals surface area contributed by atoms with Crippen LogP contribution >= 0.6 is 12.4 Å². The van der Waals surface area contributed by atoms with Crippen LogP contribution in [0.3, 0.4) is 0 Å². The number of nitrogens with one attached hydrogen (secondary N) is 2. The fourth-order valence-corrected chi connectivity index (χ4v) is 2.68. The molecule has 0 aliphatic carbocycles. The first-order chi connectivity index (χ1) is 11.2. The minimum atomic E-state index is 0. The van der Waals surface area contributed by atoms with E-state index in [0.29, 0.717) is 13.0 Å². The number of rotatable bonds is 9. The lowest BCUT2D eigenvalue weighted by molar-refractivity contribution is -0.121. The van der Waals surface area contributed by atoms with Crippen LogP contribution < -0.4 is 15.4 Å². The Bertz CT molecular complexity index is 479. The van der Waals surface area contributed by atoms with Gasteiger partial charge in [0, 0.05) is 39.1 Å². The highest BCUT2D eigenvalue weighted by molar-refractivity contribution is 5.85. The minimum absolute atomic E-state index is 0. The molecular weight excluding hydrogens is 326 g/mol.